The minimum absolute atomic E-state index is 1.10. The Bertz CT molecular complexity index is 584. The zero-order valence-electron chi connectivity index (χ0n) is 11.5. The number of hydrogen-bond acceptors (Lipinski definition) is 1. The number of halogens is 1. The molecule has 98 valence electrons. The third kappa shape index (κ3) is 3.07. The van der Waals surface area contributed by atoms with E-state index in [9.17, 15) is 0 Å². The summed E-state index contributed by atoms with van der Waals surface area (Å²) < 4.78 is 1.10. The molecule has 0 bridgehead atoms. The van der Waals surface area contributed by atoms with E-state index >= 15 is 0 Å². The van der Waals surface area contributed by atoms with Crippen molar-refractivity contribution < 1.29 is 0 Å². The summed E-state index contributed by atoms with van der Waals surface area (Å²) in [6.45, 7) is 6.35. The van der Waals surface area contributed by atoms with Crippen molar-refractivity contribution in [3.63, 3.8) is 0 Å². The van der Waals surface area contributed by atoms with Gasteiger partial charge in [0.1, 0.15) is 0 Å². The van der Waals surface area contributed by atoms with E-state index in [0.29, 0.717) is 0 Å². The summed E-state index contributed by atoms with van der Waals surface area (Å²) in [6, 6.07) is 16.9. The van der Waals surface area contributed by atoms with E-state index in [1.54, 1.807) is 0 Å². The fourth-order valence-corrected chi connectivity index (χ4v) is 2.33. The molecule has 19 heavy (non-hydrogen) atoms. The Morgan fingerprint density at radius 2 is 1.68 bits per heavy atom. The number of para-hydroxylation sites is 1. The molecule has 0 amide bonds. The van der Waals surface area contributed by atoms with Gasteiger partial charge >= 0.3 is 0 Å². The van der Waals surface area contributed by atoms with Crippen LogP contribution in [0.25, 0.3) is 0 Å². The summed E-state index contributed by atoms with van der Waals surface area (Å²) in [5.74, 6) is 0. The topological polar surface area (TPSA) is 3.24 Å². The van der Waals surface area contributed by atoms with Gasteiger partial charge < -0.3 is 4.90 Å². The maximum Gasteiger partial charge on any atom is 0.0487 e. The molecule has 2 aromatic carbocycles. The average Bonchev–Trinajstić information content (AvgIpc) is 2.43. The zero-order valence-corrected chi connectivity index (χ0v) is 13.1. The second-order valence-electron chi connectivity index (χ2n) is 4.53. The molecule has 0 fully saturated rings. The highest BCUT2D eigenvalue weighted by Crippen LogP contribution is 2.32. The number of rotatable bonds is 3. The molecular formula is C17H18BrN. The molecule has 0 atom stereocenters. The second kappa shape index (κ2) is 6.07. The molecule has 0 saturated carbocycles. The molecule has 1 nitrogen and oxygen atoms in total. The number of hydrogen-bond donors (Lipinski definition) is 0. The lowest BCUT2D eigenvalue weighted by molar-refractivity contribution is 1.13. The van der Waals surface area contributed by atoms with Crippen LogP contribution in [-0.2, 0) is 0 Å². The van der Waals surface area contributed by atoms with Crippen molar-refractivity contribution in [2.75, 3.05) is 4.90 Å². The van der Waals surface area contributed by atoms with Gasteiger partial charge in [-0.15, -0.1) is 0 Å². The average molecular weight is 316 g/mol. The van der Waals surface area contributed by atoms with Crippen LogP contribution in [0.2, 0.25) is 0 Å². The molecule has 0 N–H and O–H groups in total. The Morgan fingerprint density at radius 1 is 1.05 bits per heavy atom. The molecule has 0 unspecified atom stereocenters. The van der Waals surface area contributed by atoms with E-state index < -0.39 is 0 Å². The zero-order chi connectivity index (χ0) is 13.8. The predicted octanol–water partition coefficient (Wildman–Crippen LogP) is 5.82. The first-order chi connectivity index (χ1) is 9.13. The van der Waals surface area contributed by atoms with E-state index in [4.69, 9.17) is 0 Å². The number of benzene rings is 2. The third-order valence-electron chi connectivity index (χ3n) is 3.21. The van der Waals surface area contributed by atoms with Crippen LogP contribution in [0.5, 0.6) is 0 Å². The fourth-order valence-electron chi connectivity index (χ4n) is 2.07. The van der Waals surface area contributed by atoms with E-state index in [1.807, 2.05) is 0 Å². The van der Waals surface area contributed by atoms with Gasteiger partial charge in [-0.25, -0.2) is 0 Å². The van der Waals surface area contributed by atoms with Crippen LogP contribution in [0.3, 0.4) is 0 Å². The summed E-state index contributed by atoms with van der Waals surface area (Å²) in [7, 11) is 0. The molecular weight excluding hydrogens is 298 g/mol. The lowest BCUT2D eigenvalue weighted by atomic mass is 10.1. The highest BCUT2D eigenvalue weighted by Gasteiger charge is 2.12. The SMILES string of the molecule is CC=C(C)N(c1ccc(Br)cc1)c1ccccc1C. The second-order valence-corrected chi connectivity index (χ2v) is 5.44. The minimum Gasteiger partial charge on any atom is -0.315 e. The highest BCUT2D eigenvalue weighted by molar-refractivity contribution is 9.10. The molecule has 0 heterocycles. The van der Waals surface area contributed by atoms with Gasteiger partial charge in [0, 0.05) is 21.5 Å². The first-order valence-corrected chi connectivity index (χ1v) is 7.17. The first-order valence-electron chi connectivity index (χ1n) is 6.37. The molecule has 0 aliphatic rings. The monoisotopic (exact) mass is 315 g/mol. The highest BCUT2D eigenvalue weighted by atomic mass is 79.9. The van der Waals surface area contributed by atoms with Gasteiger partial charge in [0.15, 0.2) is 0 Å². The van der Waals surface area contributed by atoms with Crippen LogP contribution in [0.4, 0.5) is 11.4 Å². The van der Waals surface area contributed by atoms with Crippen molar-refractivity contribution in [2.24, 2.45) is 0 Å². The van der Waals surface area contributed by atoms with Crippen LogP contribution in [0.15, 0.2) is 64.8 Å². The summed E-state index contributed by atoms with van der Waals surface area (Å²) in [6.07, 6.45) is 2.13. The standard InChI is InChI=1S/C17H18BrN/c1-4-14(3)19(16-11-9-15(18)10-12-16)17-8-6-5-7-13(17)2/h4-12H,1-3H3. The van der Waals surface area contributed by atoms with E-state index in [2.05, 4.69) is 96.2 Å². The van der Waals surface area contributed by atoms with Crippen LogP contribution in [-0.4, -0.2) is 0 Å². The Hall–Kier alpha value is -1.54. The Morgan fingerprint density at radius 3 is 2.26 bits per heavy atom. The van der Waals surface area contributed by atoms with Crippen molar-refractivity contribution in [1.29, 1.82) is 0 Å². The lowest BCUT2D eigenvalue weighted by Crippen LogP contribution is -2.15. The Balaban J connectivity index is 2.54. The summed E-state index contributed by atoms with van der Waals surface area (Å²) in [5.41, 5.74) is 4.89. The maximum atomic E-state index is 3.49. The molecule has 0 aliphatic carbocycles. The molecule has 0 aromatic heterocycles. The van der Waals surface area contributed by atoms with Gasteiger partial charge in [-0.3, -0.25) is 0 Å². The van der Waals surface area contributed by atoms with E-state index in [-0.39, 0.29) is 0 Å². The van der Waals surface area contributed by atoms with Crippen molar-refractivity contribution in [1.82, 2.24) is 0 Å². The summed E-state index contributed by atoms with van der Waals surface area (Å²) in [4.78, 5) is 2.28. The number of allylic oxidation sites excluding steroid dienone is 2. The largest absolute Gasteiger partial charge is 0.315 e. The van der Waals surface area contributed by atoms with Crippen LogP contribution >= 0.6 is 15.9 Å². The fraction of sp³-hybridized carbons (Fsp3) is 0.176. The molecule has 0 aliphatic heterocycles. The van der Waals surface area contributed by atoms with Crippen molar-refractivity contribution >= 4 is 27.3 Å². The van der Waals surface area contributed by atoms with Gasteiger partial charge in [0.2, 0.25) is 0 Å². The first kappa shape index (κ1) is 13.9. The maximum absolute atomic E-state index is 3.49. The van der Waals surface area contributed by atoms with Gasteiger partial charge in [0.25, 0.3) is 0 Å². The molecule has 0 radical (unpaired) electrons. The number of aryl methyl sites for hydroxylation is 1. The van der Waals surface area contributed by atoms with Gasteiger partial charge in [-0.2, -0.15) is 0 Å². The predicted molar refractivity (Wildman–Crippen MR) is 86.9 cm³/mol. The van der Waals surface area contributed by atoms with Gasteiger partial charge in [-0.05, 0) is 56.7 Å². The van der Waals surface area contributed by atoms with Gasteiger partial charge in [-0.1, -0.05) is 40.2 Å². The Labute approximate surface area is 123 Å². The van der Waals surface area contributed by atoms with Crippen LogP contribution in [0.1, 0.15) is 19.4 Å². The number of nitrogens with zero attached hydrogens (tertiary/aromatic N) is 1. The summed E-state index contributed by atoms with van der Waals surface area (Å²) in [5, 5.41) is 0. The van der Waals surface area contributed by atoms with Crippen molar-refractivity contribution in [3.05, 3.63) is 70.3 Å². The lowest BCUT2D eigenvalue weighted by Gasteiger charge is -2.27. The van der Waals surface area contributed by atoms with E-state index in [1.165, 1.54) is 22.6 Å². The van der Waals surface area contributed by atoms with Crippen molar-refractivity contribution in [3.8, 4) is 0 Å². The molecule has 2 heteroatoms. The minimum atomic E-state index is 1.10. The van der Waals surface area contributed by atoms with Crippen LogP contribution < -0.4 is 4.90 Å². The number of anilines is 2. The smallest absolute Gasteiger partial charge is 0.0487 e. The molecule has 2 rings (SSSR count). The quantitative estimate of drug-likeness (QED) is 0.689. The normalized spacial score (nSPS) is 11.5. The summed E-state index contributed by atoms with van der Waals surface area (Å²) >= 11 is 3.49. The molecule has 0 saturated heterocycles. The van der Waals surface area contributed by atoms with Gasteiger partial charge in [0.05, 0.1) is 0 Å². The molecule has 2 aromatic rings. The Kier molecular flexibility index (Phi) is 4.43. The van der Waals surface area contributed by atoms with Crippen molar-refractivity contribution in [2.45, 2.75) is 20.8 Å². The molecule has 0 spiro atoms. The van der Waals surface area contributed by atoms with E-state index in [0.717, 1.165) is 4.47 Å². The van der Waals surface area contributed by atoms with Crippen LogP contribution in [0, 0.1) is 6.92 Å². The third-order valence-corrected chi connectivity index (χ3v) is 3.74.